The number of imidazole rings is 1. The Morgan fingerprint density at radius 2 is 1.57 bits per heavy atom. The van der Waals surface area contributed by atoms with Crippen LogP contribution in [0.2, 0.25) is 0 Å². The van der Waals surface area contributed by atoms with E-state index in [2.05, 4.69) is 14.9 Å². The van der Waals surface area contributed by atoms with Gasteiger partial charge in [-0.2, -0.15) is 4.31 Å². The summed E-state index contributed by atoms with van der Waals surface area (Å²) in [6.07, 6.45) is 0. The van der Waals surface area contributed by atoms with E-state index >= 15 is 0 Å². The summed E-state index contributed by atoms with van der Waals surface area (Å²) in [5, 5.41) is 0. The number of aromatic amines is 2. The van der Waals surface area contributed by atoms with Gasteiger partial charge in [0.1, 0.15) is 0 Å². The SMILES string of the molecule is NC(=O)c1ccc(N2CCN(S(=O)(=O)c3ccc4[nH]c(=O)[nH]c4c3)CC2)cc1. The number of piperazine rings is 1. The maximum atomic E-state index is 13.0. The second-order valence-electron chi connectivity index (χ2n) is 6.59. The third kappa shape index (κ3) is 3.27. The lowest BCUT2D eigenvalue weighted by Gasteiger charge is -2.35. The Bertz CT molecular complexity index is 1190. The molecule has 0 atom stereocenters. The topological polar surface area (TPSA) is 132 Å². The summed E-state index contributed by atoms with van der Waals surface area (Å²) in [4.78, 5) is 29.9. The van der Waals surface area contributed by atoms with E-state index < -0.39 is 15.9 Å². The molecule has 1 aliphatic rings. The van der Waals surface area contributed by atoms with E-state index in [0.717, 1.165) is 5.69 Å². The van der Waals surface area contributed by atoms with Gasteiger partial charge in [-0.05, 0) is 42.5 Å². The normalized spacial score (nSPS) is 15.8. The summed E-state index contributed by atoms with van der Waals surface area (Å²) in [5.41, 5.74) is 7.24. The number of nitrogens with one attached hydrogen (secondary N) is 2. The van der Waals surface area contributed by atoms with Crippen LogP contribution in [-0.2, 0) is 10.0 Å². The highest BCUT2D eigenvalue weighted by molar-refractivity contribution is 7.89. The van der Waals surface area contributed by atoms with E-state index in [4.69, 9.17) is 5.73 Å². The second-order valence-corrected chi connectivity index (χ2v) is 8.53. The van der Waals surface area contributed by atoms with Gasteiger partial charge in [0, 0.05) is 37.4 Å². The molecular formula is C18H19N5O4S. The smallest absolute Gasteiger partial charge is 0.323 e. The third-order valence-corrected chi connectivity index (χ3v) is 6.78. The lowest BCUT2D eigenvalue weighted by Crippen LogP contribution is -2.48. The van der Waals surface area contributed by atoms with Crippen LogP contribution in [0, 0.1) is 0 Å². The van der Waals surface area contributed by atoms with Gasteiger partial charge in [0.05, 0.1) is 15.9 Å². The fourth-order valence-electron chi connectivity index (χ4n) is 3.34. The number of H-pyrrole nitrogens is 2. The predicted molar refractivity (Wildman–Crippen MR) is 105 cm³/mol. The third-order valence-electron chi connectivity index (χ3n) is 4.88. The molecule has 0 spiro atoms. The molecular weight excluding hydrogens is 382 g/mol. The van der Waals surface area contributed by atoms with Crippen LogP contribution < -0.4 is 16.3 Å². The molecule has 10 heteroatoms. The van der Waals surface area contributed by atoms with Crippen LogP contribution in [0.25, 0.3) is 11.0 Å². The van der Waals surface area contributed by atoms with Crippen molar-refractivity contribution in [3.05, 3.63) is 58.5 Å². The fraction of sp³-hybridized carbons (Fsp3) is 0.222. The Morgan fingerprint density at radius 3 is 2.21 bits per heavy atom. The van der Waals surface area contributed by atoms with Crippen molar-refractivity contribution in [1.29, 1.82) is 0 Å². The number of sulfonamides is 1. The first-order valence-corrected chi connectivity index (χ1v) is 10.2. The molecule has 1 amide bonds. The van der Waals surface area contributed by atoms with Crippen molar-refractivity contribution < 1.29 is 13.2 Å². The number of primary amides is 1. The number of fused-ring (bicyclic) bond motifs is 1. The number of nitrogens with zero attached hydrogens (tertiary/aromatic N) is 2. The first-order chi connectivity index (χ1) is 13.3. The molecule has 3 aromatic rings. The molecule has 2 heterocycles. The monoisotopic (exact) mass is 401 g/mol. The molecule has 2 aromatic carbocycles. The van der Waals surface area contributed by atoms with Crippen LogP contribution in [0.5, 0.6) is 0 Å². The average molecular weight is 401 g/mol. The van der Waals surface area contributed by atoms with Gasteiger partial charge >= 0.3 is 5.69 Å². The van der Waals surface area contributed by atoms with Gasteiger partial charge in [-0.3, -0.25) is 4.79 Å². The summed E-state index contributed by atoms with van der Waals surface area (Å²) in [6.45, 7) is 1.72. The van der Waals surface area contributed by atoms with Gasteiger partial charge in [-0.15, -0.1) is 0 Å². The van der Waals surface area contributed by atoms with Crippen molar-refractivity contribution in [3.8, 4) is 0 Å². The Morgan fingerprint density at radius 1 is 0.929 bits per heavy atom. The van der Waals surface area contributed by atoms with Crippen LogP contribution in [-0.4, -0.2) is 54.8 Å². The number of nitrogens with two attached hydrogens (primary N) is 1. The molecule has 4 rings (SSSR count). The van der Waals surface area contributed by atoms with Crippen molar-refractivity contribution in [3.63, 3.8) is 0 Å². The number of aromatic nitrogens is 2. The Balaban J connectivity index is 1.50. The lowest BCUT2D eigenvalue weighted by atomic mass is 10.2. The number of carbonyl (C=O) groups excluding carboxylic acids is 1. The molecule has 0 radical (unpaired) electrons. The summed E-state index contributed by atoms with van der Waals surface area (Å²) >= 11 is 0. The number of hydrogen-bond donors (Lipinski definition) is 3. The minimum absolute atomic E-state index is 0.148. The molecule has 1 fully saturated rings. The van der Waals surface area contributed by atoms with E-state index in [1.54, 1.807) is 30.3 Å². The molecule has 1 aliphatic heterocycles. The zero-order valence-electron chi connectivity index (χ0n) is 14.9. The minimum atomic E-state index is -3.66. The van der Waals surface area contributed by atoms with Crippen molar-refractivity contribution in [2.45, 2.75) is 4.90 Å². The van der Waals surface area contributed by atoms with Crippen molar-refractivity contribution in [1.82, 2.24) is 14.3 Å². The first kappa shape index (κ1) is 18.3. The van der Waals surface area contributed by atoms with Crippen molar-refractivity contribution in [2.24, 2.45) is 5.73 Å². The summed E-state index contributed by atoms with van der Waals surface area (Å²) in [7, 11) is -3.66. The molecule has 0 aliphatic carbocycles. The maximum Gasteiger partial charge on any atom is 0.323 e. The largest absolute Gasteiger partial charge is 0.369 e. The molecule has 28 heavy (non-hydrogen) atoms. The number of rotatable bonds is 4. The lowest BCUT2D eigenvalue weighted by molar-refractivity contribution is 0.100. The van der Waals surface area contributed by atoms with E-state index in [0.29, 0.717) is 42.8 Å². The highest BCUT2D eigenvalue weighted by Gasteiger charge is 2.29. The number of carbonyl (C=O) groups is 1. The Hall–Kier alpha value is -3.11. The van der Waals surface area contributed by atoms with Crippen LogP contribution in [0.4, 0.5) is 5.69 Å². The number of hydrogen-bond acceptors (Lipinski definition) is 5. The average Bonchev–Trinajstić information content (AvgIpc) is 3.07. The van der Waals surface area contributed by atoms with Gasteiger partial charge in [-0.25, -0.2) is 13.2 Å². The second kappa shape index (κ2) is 6.80. The standard InChI is InChI=1S/C18H19N5O4S/c19-17(24)12-1-3-13(4-2-12)22-7-9-23(10-8-22)28(26,27)14-5-6-15-16(11-14)21-18(25)20-15/h1-6,11H,7-10H2,(H2,19,24)(H2,20,21,25). The molecule has 9 nitrogen and oxygen atoms in total. The summed E-state index contributed by atoms with van der Waals surface area (Å²) < 4.78 is 27.3. The van der Waals surface area contributed by atoms with Gasteiger partial charge < -0.3 is 20.6 Å². The van der Waals surface area contributed by atoms with Gasteiger partial charge in [0.2, 0.25) is 15.9 Å². The van der Waals surface area contributed by atoms with Gasteiger partial charge in [-0.1, -0.05) is 0 Å². The molecule has 0 bridgehead atoms. The zero-order chi connectivity index (χ0) is 19.9. The highest BCUT2D eigenvalue weighted by atomic mass is 32.2. The quantitative estimate of drug-likeness (QED) is 0.584. The predicted octanol–water partition coefficient (Wildman–Crippen LogP) is 0.466. The van der Waals surface area contributed by atoms with Crippen molar-refractivity contribution >= 4 is 32.7 Å². The molecule has 1 aromatic heterocycles. The van der Waals surface area contributed by atoms with Crippen LogP contribution in [0.3, 0.4) is 0 Å². The Labute approximate surface area is 160 Å². The Kier molecular flexibility index (Phi) is 4.44. The van der Waals surface area contributed by atoms with Crippen LogP contribution in [0.15, 0.2) is 52.2 Å². The van der Waals surface area contributed by atoms with Crippen LogP contribution in [0.1, 0.15) is 10.4 Å². The molecule has 4 N–H and O–H groups in total. The van der Waals surface area contributed by atoms with E-state index in [1.165, 1.54) is 16.4 Å². The van der Waals surface area contributed by atoms with E-state index in [-0.39, 0.29) is 10.6 Å². The molecule has 1 saturated heterocycles. The molecule has 0 unspecified atom stereocenters. The molecule has 0 saturated carbocycles. The zero-order valence-corrected chi connectivity index (χ0v) is 15.7. The van der Waals surface area contributed by atoms with E-state index in [9.17, 15) is 18.0 Å². The number of amides is 1. The highest BCUT2D eigenvalue weighted by Crippen LogP contribution is 2.23. The molecule has 146 valence electrons. The van der Waals surface area contributed by atoms with E-state index in [1.807, 2.05) is 0 Å². The summed E-state index contributed by atoms with van der Waals surface area (Å²) in [5.74, 6) is -0.483. The van der Waals surface area contributed by atoms with Crippen molar-refractivity contribution in [2.75, 3.05) is 31.1 Å². The minimum Gasteiger partial charge on any atom is -0.369 e. The number of benzene rings is 2. The fourth-order valence-corrected chi connectivity index (χ4v) is 4.79. The maximum absolute atomic E-state index is 13.0. The summed E-state index contributed by atoms with van der Waals surface area (Å²) in [6, 6.07) is 11.5. The number of anilines is 1. The van der Waals surface area contributed by atoms with Gasteiger partial charge in [0.15, 0.2) is 0 Å². The van der Waals surface area contributed by atoms with Crippen LogP contribution >= 0.6 is 0 Å². The first-order valence-electron chi connectivity index (χ1n) is 8.71. The van der Waals surface area contributed by atoms with Gasteiger partial charge in [0.25, 0.3) is 0 Å².